The predicted molar refractivity (Wildman–Crippen MR) is 79.7 cm³/mol. The lowest BCUT2D eigenvalue weighted by Crippen LogP contribution is -2.00. The summed E-state index contributed by atoms with van der Waals surface area (Å²) < 4.78 is 54.2. The fraction of sp³-hybridized carbons (Fsp3) is 0.200. The van der Waals surface area contributed by atoms with Crippen molar-refractivity contribution in [2.24, 2.45) is 0 Å². The molecule has 2 aromatic rings. The summed E-state index contributed by atoms with van der Waals surface area (Å²) in [7, 11) is 0. The van der Waals surface area contributed by atoms with E-state index in [0.29, 0.717) is 16.4 Å². The van der Waals surface area contributed by atoms with E-state index >= 15 is 0 Å². The molecule has 0 amide bonds. The van der Waals surface area contributed by atoms with E-state index in [4.69, 9.17) is 26.9 Å². The molecule has 0 aliphatic rings. The van der Waals surface area contributed by atoms with Gasteiger partial charge in [0.15, 0.2) is 0 Å². The summed E-state index contributed by atoms with van der Waals surface area (Å²) in [6.45, 7) is -6.14. The normalized spacial score (nSPS) is 18.4. The molecule has 2 aromatic carbocycles. The quantitative estimate of drug-likeness (QED) is 0.785. The van der Waals surface area contributed by atoms with Crippen LogP contribution in [0.4, 0.5) is 17.1 Å². The number of nitrogens with two attached hydrogens (primary N) is 1. The van der Waals surface area contributed by atoms with Gasteiger partial charge in [-0.3, -0.25) is 0 Å². The van der Waals surface area contributed by atoms with Gasteiger partial charge in [-0.15, -0.1) is 0 Å². The van der Waals surface area contributed by atoms with Gasteiger partial charge < -0.3 is 11.1 Å². The highest BCUT2D eigenvalue weighted by Gasteiger charge is 2.07. The third kappa shape index (κ3) is 2.77. The Morgan fingerprint density at radius 1 is 1.22 bits per heavy atom. The number of benzene rings is 2. The van der Waals surface area contributed by atoms with Gasteiger partial charge in [-0.2, -0.15) is 0 Å². The number of rotatable bonds is 3. The molecule has 2 nitrogen and oxygen atoms in total. The standard InChI is InChI=1S/C15H17ClN2/c1-10(2)12-5-3-4-6-14(12)18-15-8-7-11(16)9-13(15)17/h3-10,18H,17H2,1-2H3/i1D3,2D3,10D. The van der Waals surface area contributed by atoms with E-state index in [1.54, 1.807) is 18.2 Å². The van der Waals surface area contributed by atoms with Crippen LogP contribution in [-0.4, -0.2) is 0 Å². The summed E-state index contributed by atoms with van der Waals surface area (Å²) in [5, 5.41) is 3.34. The van der Waals surface area contributed by atoms with Gasteiger partial charge in [-0.25, -0.2) is 0 Å². The third-order valence-corrected chi connectivity index (χ3v) is 2.71. The maximum absolute atomic E-state index is 8.34. The zero-order chi connectivity index (χ0) is 19.0. The number of hydrogen-bond donors (Lipinski definition) is 2. The van der Waals surface area contributed by atoms with Crippen LogP contribution in [0.25, 0.3) is 0 Å². The van der Waals surface area contributed by atoms with Gasteiger partial charge in [0, 0.05) is 20.3 Å². The lowest BCUT2D eigenvalue weighted by molar-refractivity contribution is 0.869. The van der Waals surface area contributed by atoms with Crippen LogP contribution in [0.1, 0.15) is 34.8 Å². The second-order valence-corrected chi connectivity index (χ2v) is 4.21. The van der Waals surface area contributed by atoms with Crippen molar-refractivity contribution in [1.82, 2.24) is 0 Å². The summed E-state index contributed by atoms with van der Waals surface area (Å²) in [4.78, 5) is 0. The second kappa shape index (κ2) is 5.32. The minimum absolute atomic E-state index is 0.163. The molecular weight excluding hydrogens is 244 g/mol. The van der Waals surface area contributed by atoms with Gasteiger partial charge in [-0.05, 0) is 35.7 Å². The first kappa shape index (κ1) is 6.48. The Bertz CT molecular complexity index is 757. The number of nitrogens with one attached hydrogen (secondary N) is 1. The molecule has 2 rings (SSSR count). The number of anilines is 3. The van der Waals surface area contributed by atoms with Crippen molar-refractivity contribution in [3.05, 3.63) is 53.1 Å². The van der Waals surface area contributed by atoms with Crippen LogP contribution in [-0.2, 0) is 0 Å². The van der Waals surface area contributed by atoms with Gasteiger partial charge in [0.25, 0.3) is 0 Å². The lowest BCUT2D eigenvalue weighted by Gasteiger charge is -2.15. The monoisotopic (exact) mass is 267 g/mol. The fourth-order valence-electron chi connectivity index (χ4n) is 1.60. The van der Waals surface area contributed by atoms with Crippen LogP contribution in [0.15, 0.2) is 42.5 Å². The molecule has 0 radical (unpaired) electrons. The van der Waals surface area contributed by atoms with Gasteiger partial charge in [0.2, 0.25) is 0 Å². The highest BCUT2D eigenvalue weighted by Crippen LogP contribution is 2.30. The zero-order valence-electron chi connectivity index (χ0n) is 16.5. The first-order chi connectivity index (χ1) is 11.4. The average molecular weight is 268 g/mol. The van der Waals surface area contributed by atoms with Crippen LogP contribution in [0.2, 0.25) is 5.02 Å². The highest BCUT2D eigenvalue weighted by atomic mass is 35.5. The molecule has 0 saturated carbocycles. The highest BCUT2D eigenvalue weighted by molar-refractivity contribution is 6.31. The van der Waals surface area contributed by atoms with Crippen molar-refractivity contribution in [3.63, 3.8) is 0 Å². The number of hydrogen-bond acceptors (Lipinski definition) is 2. The second-order valence-electron chi connectivity index (χ2n) is 3.78. The van der Waals surface area contributed by atoms with Crippen molar-refractivity contribution in [2.45, 2.75) is 19.6 Å². The van der Waals surface area contributed by atoms with Crippen molar-refractivity contribution in [3.8, 4) is 0 Å². The van der Waals surface area contributed by atoms with Crippen molar-refractivity contribution < 1.29 is 9.60 Å². The van der Waals surface area contributed by atoms with Gasteiger partial charge >= 0.3 is 0 Å². The minimum atomic E-state index is -3.07. The molecule has 0 aliphatic carbocycles. The van der Waals surface area contributed by atoms with E-state index in [2.05, 4.69) is 5.32 Å². The van der Waals surface area contributed by atoms with E-state index in [0.717, 1.165) is 0 Å². The Hall–Kier alpha value is -1.67. The minimum Gasteiger partial charge on any atom is -0.397 e. The van der Waals surface area contributed by atoms with Crippen molar-refractivity contribution in [2.75, 3.05) is 11.1 Å². The van der Waals surface area contributed by atoms with E-state index in [1.165, 1.54) is 24.3 Å². The van der Waals surface area contributed by atoms with E-state index in [9.17, 15) is 0 Å². The summed E-state index contributed by atoms with van der Waals surface area (Å²) in [5.74, 6) is -2.80. The molecule has 0 fully saturated rings. The van der Waals surface area contributed by atoms with E-state index in [-0.39, 0.29) is 11.3 Å². The smallest absolute Gasteiger partial charge is 0.0619 e. The van der Waals surface area contributed by atoms with Crippen LogP contribution in [0.5, 0.6) is 0 Å². The summed E-state index contributed by atoms with van der Waals surface area (Å²) in [6, 6.07) is 10.6. The molecule has 18 heavy (non-hydrogen) atoms. The topological polar surface area (TPSA) is 38.0 Å². The molecule has 0 atom stereocenters. The summed E-state index contributed by atoms with van der Waals surface area (Å²) in [5.41, 5.74) is 6.63. The molecular formula is C15H17ClN2. The Morgan fingerprint density at radius 2 is 2.00 bits per heavy atom. The van der Waals surface area contributed by atoms with Crippen LogP contribution >= 0.6 is 11.6 Å². The van der Waals surface area contributed by atoms with Crippen LogP contribution < -0.4 is 11.1 Å². The fourth-order valence-corrected chi connectivity index (χ4v) is 1.78. The molecule has 0 aromatic heterocycles. The summed E-state index contributed by atoms with van der Waals surface area (Å²) in [6.07, 6.45) is 0. The predicted octanol–water partition coefficient (Wildman–Crippen LogP) is 4.79. The molecule has 0 heterocycles. The molecule has 0 aliphatic heterocycles. The van der Waals surface area contributed by atoms with E-state index in [1.807, 2.05) is 0 Å². The molecule has 94 valence electrons. The lowest BCUT2D eigenvalue weighted by atomic mass is 10.0. The SMILES string of the molecule is [2H]C([2H])([2H])C([2H])(c1ccccc1Nc1ccc(Cl)cc1N)C([2H])([2H])[2H]. The third-order valence-electron chi connectivity index (χ3n) is 2.48. The van der Waals surface area contributed by atoms with Crippen molar-refractivity contribution in [1.29, 1.82) is 0 Å². The van der Waals surface area contributed by atoms with Crippen LogP contribution in [0, 0.1) is 0 Å². The molecule has 0 bridgehead atoms. The number of halogens is 1. The average Bonchev–Trinajstić information content (AvgIpc) is 2.47. The molecule has 0 saturated heterocycles. The Balaban J connectivity index is 2.60. The first-order valence-corrected chi connectivity index (χ1v) is 5.67. The summed E-state index contributed by atoms with van der Waals surface area (Å²) >= 11 is 5.86. The largest absolute Gasteiger partial charge is 0.397 e. The van der Waals surface area contributed by atoms with Gasteiger partial charge in [0.1, 0.15) is 0 Å². The maximum Gasteiger partial charge on any atom is 0.0619 e. The first-order valence-electron chi connectivity index (χ1n) is 8.79. The van der Waals surface area contributed by atoms with Gasteiger partial charge in [0.05, 0.1) is 11.4 Å². The Labute approximate surface area is 123 Å². The van der Waals surface area contributed by atoms with Crippen molar-refractivity contribution >= 4 is 28.7 Å². The Kier molecular flexibility index (Phi) is 1.92. The Morgan fingerprint density at radius 3 is 2.72 bits per heavy atom. The zero-order valence-corrected chi connectivity index (χ0v) is 10.3. The maximum atomic E-state index is 8.34. The van der Waals surface area contributed by atoms with Crippen LogP contribution in [0.3, 0.4) is 0 Å². The molecule has 3 heteroatoms. The molecule has 0 unspecified atom stereocenters. The molecule has 3 N–H and O–H groups in total. The number of nitrogen functional groups attached to an aromatic ring is 1. The van der Waals surface area contributed by atoms with E-state index < -0.39 is 19.6 Å². The number of para-hydroxylation sites is 1. The van der Waals surface area contributed by atoms with Gasteiger partial charge in [-0.1, -0.05) is 43.5 Å². The molecule has 0 spiro atoms.